The summed E-state index contributed by atoms with van der Waals surface area (Å²) >= 11 is 0. The lowest BCUT2D eigenvalue weighted by Crippen LogP contribution is -2.08. The van der Waals surface area contributed by atoms with Crippen LogP contribution in [0.1, 0.15) is 38.4 Å². The van der Waals surface area contributed by atoms with E-state index in [1.165, 1.54) is 12.8 Å². The first-order valence-electron chi connectivity index (χ1n) is 6.02. The Morgan fingerprint density at radius 3 is 2.47 bits per heavy atom. The molecule has 3 nitrogen and oxygen atoms in total. The second-order valence-electron chi connectivity index (χ2n) is 5.61. The summed E-state index contributed by atoms with van der Waals surface area (Å²) in [5.41, 5.74) is 0. The molecule has 0 saturated heterocycles. The first-order valence-corrected chi connectivity index (χ1v) is 6.02. The molecule has 0 radical (unpaired) electrons. The van der Waals surface area contributed by atoms with Gasteiger partial charge in [0.1, 0.15) is 6.33 Å². The van der Waals surface area contributed by atoms with Gasteiger partial charge in [0.25, 0.3) is 0 Å². The molecule has 1 unspecified atom stereocenters. The largest absolute Gasteiger partial charge is 0.256 e. The summed E-state index contributed by atoms with van der Waals surface area (Å²) in [7, 11) is 1.95. The Kier molecular flexibility index (Phi) is 1.91. The standard InChI is InChI=1S/C12H19N3/c1-7(2)8-4-9-10(5-8)11(9)12-13-6-15(3)14-12/h6-11H,4-5H2,1-3H3/t8-,9+,10?,11+/m1/s1. The van der Waals surface area contributed by atoms with Crippen LogP contribution >= 0.6 is 0 Å². The number of hydrogen-bond acceptors (Lipinski definition) is 2. The van der Waals surface area contributed by atoms with Crippen molar-refractivity contribution < 1.29 is 0 Å². The Labute approximate surface area is 90.9 Å². The monoisotopic (exact) mass is 205 g/mol. The summed E-state index contributed by atoms with van der Waals surface area (Å²) in [5.74, 6) is 5.41. The predicted octanol–water partition coefficient (Wildman–Crippen LogP) is 2.21. The van der Waals surface area contributed by atoms with E-state index < -0.39 is 0 Å². The summed E-state index contributed by atoms with van der Waals surface area (Å²) in [6.45, 7) is 4.70. The van der Waals surface area contributed by atoms with E-state index in [0.29, 0.717) is 5.92 Å². The molecule has 2 aliphatic carbocycles. The zero-order valence-electron chi connectivity index (χ0n) is 9.72. The summed E-state index contributed by atoms with van der Waals surface area (Å²) in [6, 6.07) is 0. The molecule has 0 N–H and O–H groups in total. The van der Waals surface area contributed by atoms with E-state index in [0.717, 1.165) is 29.5 Å². The first kappa shape index (κ1) is 9.37. The molecule has 15 heavy (non-hydrogen) atoms. The second kappa shape index (κ2) is 3.06. The highest BCUT2D eigenvalue weighted by atomic mass is 15.3. The lowest BCUT2D eigenvalue weighted by Gasteiger charge is -2.16. The van der Waals surface area contributed by atoms with Crippen LogP contribution in [0.2, 0.25) is 0 Å². The van der Waals surface area contributed by atoms with Crippen molar-refractivity contribution in [2.45, 2.75) is 32.6 Å². The molecular weight excluding hydrogens is 186 g/mol. The van der Waals surface area contributed by atoms with Gasteiger partial charge in [0.05, 0.1) is 0 Å². The molecule has 0 aliphatic heterocycles. The number of fused-ring (bicyclic) bond motifs is 1. The van der Waals surface area contributed by atoms with E-state index >= 15 is 0 Å². The zero-order valence-corrected chi connectivity index (χ0v) is 9.72. The molecule has 2 saturated carbocycles. The average molecular weight is 205 g/mol. The van der Waals surface area contributed by atoms with Crippen LogP contribution in [0.4, 0.5) is 0 Å². The van der Waals surface area contributed by atoms with Crippen LogP contribution in [0.3, 0.4) is 0 Å². The van der Waals surface area contributed by atoms with E-state index in [-0.39, 0.29) is 0 Å². The molecule has 82 valence electrons. The van der Waals surface area contributed by atoms with Crippen molar-refractivity contribution in [2.75, 3.05) is 0 Å². The lowest BCUT2D eigenvalue weighted by molar-refractivity contribution is 0.351. The van der Waals surface area contributed by atoms with E-state index in [1.54, 1.807) is 0 Å². The van der Waals surface area contributed by atoms with Gasteiger partial charge in [-0.15, -0.1) is 0 Å². The van der Waals surface area contributed by atoms with Gasteiger partial charge < -0.3 is 0 Å². The Balaban J connectivity index is 1.68. The molecule has 0 spiro atoms. The van der Waals surface area contributed by atoms with Crippen molar-refractivity contribution in [1.29, 1.82) is 0 Å². The zero-order chi connectivity index (χ0) is 10.6. The van der Waals surface area contributed by atoms with E-state index in [1.807, 2.05) is 18.1 Å². The van der Waals surface area contributed by atoms with Crippen molar-refractivity contribution in [3.63, 3.8) is 0 Å². The highest BCUT2D eigenvalue weighted by Gasteiger charge is 2.58. The molecule has 1 aromatic heterocycles. The van der Waals surface area contributed by atoms with Gasteiger partial charge in [-0.25, -0.2) is 4.98 Å². The van der Waals surface area contributed by atoms with E-state index in [9.17, 15) is 0 Å². The van der Waals surface area contributed by atoms with Gasteiger partial charge in [-0.05, 0) is 36.5 Å². The maximum atomic E-state index is 4.43. The fourth-order valence-corrected chi connectivity index (χ4v) is 3.32. The maximum Gasteiger partial charge on any atom is 0.154 e. The Morgan fingerprint density at radius 2 is 2.00 bits per heavy atom. The van der Waals surface area contributed by atoms with Gasteiger partial charge in [-0.1, -0.05) is 13.8 Å². The minimum absolute atomic E-state index is 0.696. The number of hydrogen-bond donors (Lipinski definition) is 0. The van der Waals surface area contributed by atoms with Crippen molar-refractivity contribution >= 4 is 0 Å². The summed E-state index contributed by atoms with van der Waals surface area (Å²) in [6.07, 6.45) is 4.64. The van der Waals surface area contributed by atoms with E-state index in [2.05, 4.69) is 23.9 Å². The summed E-state index contributed by atoms with van der Waals surface area (Å²) < 4.78 is 1.82. The maximum absolute atomic E-state index is 4.43. The summed E-state index contributed by atoms with van der Waals surface area (Å²) in [4.78, 5) is 4.38. The Bertz CT molecular complexity index is 357. The van der Waals surface area contributed by atoms with Crippen LogP contribution in [-0.4, -0.2) is 14.8 Å². The topological polar surface area (TPSA) is 30.7 Å². The predicted molar refractivity (Wildman–Crippen MR) is 58.3 cm³/mol. The second-order valence-corrected chi connectivity index (χ2v) is 5.61. The Hall–Kier alpha value is -0.860. The third-order valence-corrected chi connectivity index (χ3v) is 4.34. The first-order chi connectivity index (χ1) is 7.16. The lowest BCUT2D eigenvalue weighted by atomic mass is 9.89. The molecule has 2 aliphatic rings. The summed E-state index contributed by atoms with van der Waals surface area (Å²) in [5, 5.41) is 4.43. The van der Waals surface area contributed by atoms with Gasteiger partial charge in [-0.2, -0.15) is 5.10 Å². The van der Waals surface area contributed by atoms with Crippen molar-refractivity contribution in [2.24, 2.45) is 30.7 Å². The molecule has 0 aromatic carbocycles. The minimum atomic E-state index is 0.696. The molecule has 2 fully saturated rings. The third kappa shape index (κ3) is 1.40. The fraction of sp³-hybridized carbons (Fsp3) is 0.833. The van der Waals surface area contributed by atoms with Gasteiger partial charge in [0.15, 0.2) is 5.82 Å². The van der Waals surface area contributed by atoms with Crippen molar-refractivity contribution in [3.8, 4) is 0 Å². The molecule has 0 bridgehead atoms. The van der Waals surface area contributed by atoms with E-state index in [4.69, 9.17) is 0 Å². The van der Waals surface area contributed by atoms with Crippen LogP contribution in [0.5, 0.6) is 0 Å². The average Bonchev–Trinajstić information content (AvgIpc) is 2.62. The van der Waals surface area contributed by atoms with Crippen LogP contribution in [0, 0.1) is 23.7 Å². The molecule has 3 heteroatoms. The third-order valence-electron chi connectivity index (χ3n) is 4.34. The van der Waals surface area contributed by atoms with Gasteiger partial charge in [0.2, 0.25) is 0 Å². The number of aryl methyl sites for hydroxylation is 1. The number of aromatic nitrogens is 3. The highest BCUT2D eigenvalue weighted by molar-refractivity contribution is 5.18. The molecular formula is C12H19N3. The smallest absolute Gasteiger partial charge is 0.154 e. The molecule has 3 rings (SSSR count). The molecule has 1 heterocycles. The van der Waals surface area contributed by atoms with Crippen molar-refractivity contribution in [1.82, 2.24) is 14.8 Å². The van der Waals surface area contributed by atoms with Crippen LogP contribution < -0.4 is 0 Å². The number of nitrogens with zero attached hydrogens (tertiary/aromatic N) is 3. The van der Waals surface area contributed by atoms with Crippen molar-refractivity contribution in [3.05, 3.63) is 12.2 Å². The molecule has 1 aromatic rings. The quantitative estimate of drug-likeness (QED) is 0.741. The SMILES string of the molecule is CC(C)[C@H]1CC2[C@@H](c3ncn(C)n3)[C@H]2C1. The Morgan fingerprint density at radius 1 is 1.33 bits per heavy atom. The molecule has 0 amide bonds. The van der Waals surface area contributed by atoms with Gasteiger partial charge >= 0.3 is 0 Å². The van der Waals surface area contributed by atoms with Crippen LogP contribution in [0.25, 0.3) is 0 Å². The minimum Gasteiger partial charge on any atom is -0.256 e. The highest BCUT2D eigenvalue weighted by Crippen LogP contribution is 2.65. The number of rotatable bonds is 2. The van der Waals surface area contributed by atoms with Gasteiger partial charge in [-0.3, -0.25) is 4.68 Å². The van der Waals surface area contributed by atoms with Crippen LogP contribution in [0.15, 0.2) is 6.33 Å². The van der Waals surface area contributed by atoms with Gasteiger partial charge in [0, 0.05) is 13.0 Å². The molecule has 4 atom stereocenters. The normalized spacial score (nSPS) is 38.4. The fourth-order valence-electron chi connectivity index (χ4n) is 3.32. The van der Waals surface area contributed by atoms with Crippen LogP contribution in [-0.2, 0) is 7.05 Å².